The zero-order valence-electron chi connectivity index (χ0n) is 10.5. The van der Waals surface area contributed by atoms with Crippen molar-refractivity contribution in [2.24, 2.45) is 5.84 Å². The number of ether oxygens (including phenoxy) is 1. The molecule has 2 rings (SSSR count). The summed E-state index contributed by atoms with van der Waals surface area (Å²) in [6.07, 6.45) is 0. The van der Waals surface area contributed by atoms with E-state index in [1.165, 1.54) is 12.1 Å². The molecule has 0 atom stereocenters. The molecule has 20 heavy (non-hydrogen) atoms. The maximum absolute atomic E-state index is 13.8. The standard InChI is InChI=1S/C11H12ClFN6O/c1-2-20-11-17-9(16-10(18-11)19-14)15-7-5-3-4-6(12)8(7)13/h3-5H,2,14H2,1H3,(H2,15,16,17,18,19). The van der Waals surface area contributed by atoms with Crippen molar-refractivity contribution in [3.8, 4) is 6.01 Å². The number of hydrazine groups is 1. The molecule has 7 nitrogen and oxygen atoms in total. The number of anilines is 3. The monoisotopic (exact) mass is 298 g/mol. The van der Waals surface area contributed by atoms with Gasteiger partial charge >= 0.3 is 6.01 Å². The number of rotatable bonds is 5. The van der Waals surface area contributed by atoms with Gasteiger partial charge in [0.05, 0.1) is 17.3 Å². The van der Waals surface area contributed by atoms with Gasteiger partial charge in [-0.1, -0.05) is 17.7 Å². The molecule has 0 saturated heterocycles. The summed E-state index contributed by atoms with van der Waals surface area (Å²) in [5, 5.41) is 2.68. The first-order valence-electron chi connectivity index (χ1n) is 5.70. The summed E-state index contributed by atoms with van der Waals surface area (Å²) < 4.78 is 18.9. The quantitative estimate of drug-likeness (QED) is 0.574. The molecule has 0 aliphatic carbocycles. The smallest absolute Gasteiger partial charge is 0.323 e. The summed E-state index contributed by atoms with van der Waals surface area (Å²) in [6.45, 7) is 2.15. The molecule has 0 bridgehead atoms. The number of hydrogen-bond acceptors (Lipinski definition) is 7. The SMILES string of the molecule is CCOc1nc(NN)nc(Nc2cccc(Cl)c2F)n1. The van der Waals surface area contributed by atoms with Gasteiger partial charge in [0.2, 0.25) is 11.9 Å². The number of nitrogens with one attached hydrogen (secondary N) is 2. The first kappa shape index (κ1) is 14.2. The van der Waals surface area contributed by atoms with Crippen LogP contribution in [0.1, 0.15) is 6.92 Å². The third-order valence-corrected chi connectivity index (χ3v) is 2.51. The second-order valence-corrected chi connectivity index (χ2v) is 3.98. The van der Waals surface area contributed by atoms with Crippen LogP contribution in [0.4, 0.5) is 22.0 Å². The number of halogens is 2. The van der Waals surface area contributed by atoms with Crippen LogP contribution in [-0.2, 0) is 0 Å². The number of nitrogens with zero attached hydrogens (tertiary/aromatic N) is 3. The van der Waals surface area contributed by atoms with Gasteiger partial charge in [-0.05, 0) is 19.1 Å². The Morgan fingerprint density at radius 1 is 1.30 bits per heavy atom. The molecule has 1 heterocycles. The fourth-order valence-electron chi connectivity index (χ4n) is 1.39. The minimum atomic E-state index is -0.602. The van der Waals surface area contributed by atoms with E-state index in [4.69, 9.17) is 22.2 Å². The van der Waals surface area contributed by atoms with Crippen LogP contribution < -0.4 is 21.3 Å². The van der Waals surface area contributed by atoms with Gasteiger partial charge < -0.3 is 10.1 Å². The normalized spacial score (nSPS) is 10.2. The van der Waals surface area contributed by atoms with Gasteiger partial charge in [0.15, 0.2) is 5.82 Å². The topological polar surface area (TPSA) is 98.0 Å². The molecular weight excluding hydrogens is 287 g/mol. The Bertz CT molecular complexity index is 611. The molecule has 0 radical (unpaired) electrons. The number of nitrogen functional groups attached to an aromatic ring is 1. The molecule has 0 aliphatic rings. The van der Waals surface area contributed by atoms with Crippen LogP contribution in [0.2, 0.25) is 5.02 Å². The summed E-state index contributed by atoms with van der Waals surface area (Å²) in [5.74, 6) is 4.82. The number of nitrogens with two attached hydrogens (primary N) is 1. The Balaban J connectivity index is 2.32. The van der Waals surface area contributed by atoms with Crippen molar-refractivity contribution >= 4 is 29.2 Å². The zero-order chi connectivity index (χ0) is 14.5. The minimum Gasteiger partial charge on any atom is -0.464 e. The lowest BCUT2D eigenvalue weighted by atomic mass is 10.3. The summed E-state index contributed by atoms with van der Waals surface area (Å²) in [7, 11) is 0. The highest BCUT2D eigenvalue weighted by Crippen LogP contribution is 2.24. The van der Waals surface area contributed by atoms with E-state index < -0.39 is 5.82 Å². The summed E-state index contributed by atoms with van der Waals surface area (Å²) in [4.78, 5) is 11.8. The molecule has 1 aromatic heterocycles. The van der Waals surface area contributed by atoms with Crippen molar-refractivity contribution in [2.75, 3.05) is 17.3 Å². The van der Waals surface area contributed by atoms with Crippen LogP contribution >= 0.6 is 11.6 Å². The molecule has 1 aromatic carbocycles. The summed E-state index contributed by atoms with van der Waals surface area (Å²) in [6, 6.07) is 4.61. The van der Waals surface area contributed by atoms with Crippen molar-refractivity contribution in [3.63, 3.8) is 0 Å². The third kappa shape index (κ3) is 3.22. The van der Waals surface area contributed by atoms with Crippen molar-refractivity contribution in [2.45, 2.75) is 6.92 Å². The fourth-order valence-corrected chi connectivity index (χ4v) is 1.57. The average molecular weight is 299 g/mol. The Morgan fingerprint density at radius 3 is 2.75 bits per heavy atom. The number of aromatic nitrogens is 3. The van der Waals surface area contributed by atoms with E-state index in [0.29, 0.717) is 6.61 Å². The lowest BCUT2D eigenvalue weighted by Crippen LogP contribution is -2.13. The van der Waals surface area contributed by atoms with Gasteiger partial charge in [-0.25, -0.2) is 10.2 Å². The molecule has 0 amide bonds. The Morgan fingerprint density at radius 2 is 2.05 bits per heavy atom. The largest absolute Gasteiger partial charge is 0.464 e. The fraction of sp³-hybridized carbons (Fsp3) is 0.182. The molecular formula is C11H12ClFN6O. The molecule has 106 valence electrons. The summed E-state index contributed by atoms with van der Waals surface area (Å²) in [5.41, 5.74) is 2.41. The highest BCUT2D eigenvalue weighted by Gasteiger charge is 2.10. The van der Waals surface area contributed by atoms with Crippen LogP contribution in [-0.4, -0.2) is 21.6 Å². The van der Waals surface area contributed by atoms with Crippen molar-refractivity contribution in [1.29, 1.82) is 0 Å². The first-order chi connectivity index (χ1) is 9.63. The lowest BCUT2D eigenvalue weighted by molar-refractivity contribution is 0.312. The van der Waals surface area contributed by atoms with E-state index in [1.807, 2.05) is 0 Å². The number of benzene rings is 1. The highest BCUT2D eigenvalue weighted by molar-refractivity contribution is 6.31. The Labute approximate surface area is 119 Å². The molecule has 0 aliphatic heterocycles. The maximum Gasteiger partial charge on any atom is 0.323 e. The third-order valence-electron chi connectivity index (χ3n) is 2.22. The second-order valence-electron chi connectivity index (χ2n) is 3.57. The molecule has 0 unspecified atom stereocenters. The minimum absolute atomic E-state index is 0.00809. The van der Waals surface area contributed by atoms with E-state index in [0.717, 1.165) is 0 Å². The Hall–Kier alpha value is -2.19. The van der Waals surface area contributed by atoms with E-state index in [9.17, 15) is 4.39 Å². The van der Waals surface area contributed by atoms with Crippen LogP contribution in [0.15, 0.2) is 18.2 Å². The first-order valence-corrected chi connectivity index (χ1v) is 6.08. The van der Waals surface area contributed by atoms with Crippen LogP contribution in [0.3, 0.4) is 0 Å². The molecule has 2 aromatic rings. The van der Waals surface area contributed by atoms with Gasteiger partial charge in [0.1, 0.15) is 0 Å². The maximum atomic E-state index is 13.8. The van der Waals surface area contributed by atoms with Crippen LogP contribution in [0.5, 0.6) is 6.01 Å². The summed E-state index contributed by atoms with van der Waals surface area (Å²) >= 11 is 5.69. The van der Waals surface area contributed by atoms with Gasteiger partial charge in [0, 0.05) is 0 Å². The second kappa shape index (κ2) is 6.31. The van der Waals surface area contributed by atoms with Crippen LogP contribution in [0.25, 0.3) is 0 Å². The predicted molar refractivity (Wildman–Crippen MR) is 73.5 cm³/mol. The van der Waals surface area contributed by atoms with Crippen LogP contribution in [0, 0.1) is 5.82 Å². The van der Waals surface area contributed by atoms with E-state index >= 15 is 0 Å². The van der Waals surface area contributed by atoms with Gasteiger partial charge in [-0.3, -0.25) is 5.43 Å². The van der Waals surface area contributed by atoms with Crippen molar-refractivity contribution in [1.82, 2.24) is 15.0 Å². The van der Waals surface area contributed by atoms with E-state index in [1.54, 1.807) is 13.0 Å². The molecule has 4 N–H and O–H groups in total. The zero-order valence-corrected chi connectivity index (χ0v) is 11.3. The van der Waals surface area contributed by atoms with Gasteiger partial charge in [0.25, 0.3) is 0 Å². The van der Waals surface area contributed by atoms with Crippen molar-refractivity contribution in [3.05, 3.63) is 29.0 Å². The van der Waals surface area contributed by atoms with Gasteiger partial charge in [-0.15, -0.1) is 0 Å². The molecule has 0 saturated carbocycles. The molecule has 0 spiro atoms. The molecule has 0 fully saturated rings. The van der Waals surface area contributed by atoms with Gasteiger partial charge in [-0.2, -0.15) is 15.0 Å². The Kier molecular flexibility index (Phi) is 4.49. The predicted octanol–water partition coefficient (Wildman–Crippen LogP) is 2.09. The van der Waals surface area contributed by atoms with Crippen molar-refractivity contribution < 1.29 is 9.13 Å². The number of hydrogen-bond donors (Lipinski definition) is 3. The average Bonchev–Trinajstić information content (AvgIpc) is 2.44. The highest BCUT2D eigenvalue weighted by atomic mass is 35.5. The van der Waals surface area contributed by atoms with E-state index in [2.05, 4.69) is 25.7 Å². The van der Waals surface area contributed by atoms with E-state index in [-0.39, 0.29) is 28.6 Å². The molecule has 9 heteroatoms. The lowest BCUT2D eigenvalue weighted by Gasteiger charge is -2.09.